The molecule has 0 bridgehead atoms. The van der Waals surface area contributed by atoms with Crippen LogP contribution in [0.15, 0.2) is 29.3 Å². The van der Waals surface area contributed by atoms with Crippen molar-refractivity contribution < 1.29 is 9.59 Å². The van der Waals surface area contributed by atoms with Gasteiger partial charge in [-0.25, -0.2) is 0 Å². The molecule has 0 radical (unpaired) electrons. The highest BCUT2D eigenvalue weighted by Crippen LogP contribution is 2.25. The fourth-order valence-corrected chi connectivity index (χ4v) is 4.07. The van der Waals surface area contributed by atoms with E-state index in [4.69, 9.17) is 0 Å². The van der Waals surface area contributed by atoms with Crippen LogP contribution in [0, 0.1) is 0 Å². The monoisotopic (exact) mass is 292 g/mol. The Balaban J connectivity index is 1.64. The number of nitrogens with zero attached hydrogens (tertiary/aromatic N) is 2. The summed E-state index contributed by atoms with van der Waals surface area (Å²) in [6.07, 6.45) is 0. The molecule has 2 heterocycles. The summed E-state index contributed by atoms with van der Waals surface area (Å²) >= 11 is 3.36. The second-order valence-corrected chi connectivity index (χ2v) is 6.58. The Kier molecular flexibility index (Phi) is 3.61. The van der Waals surface area contributed by atoms with Gasteiger partial charge in [0.1, 0.15) is 4.38 Å². The molecule has 19 heavy (non-hydrogen) atoms. The van der Waals surface area contributed by atoms with Crippen LogP contribution in [0.1, 0.15) is 20.7 Å². The van der Waals surface area contributed by atoms with Crippen LogP contribution in [-0.2, 0) is 0 Å². The summed E-state index contributed by atoms with van der Waals surface area (Å²) in [5, 5.41) is 0. The van der Waals surface area contributed by atoms with Gasteiger partial charge in [0.15, 0.2) is 0 Å². The Hall–Kier alpha value is -1.27. The molecule has 0 fully saturated rings. The summed E-state index contributed by atoms with van der Waals surface area (Å²) < 4.78 is 1.07. The first-order valence-corrected chi connectivity index (χ1v) is 8.00. The molecule has 0 spiro atoms. The third-order valence-corrected chi connectivity index (χ3v) is 5.21. The predicted molar refractivity (Wildman–Crippen MR) is 79.0 cm³/mol. The Morgan fingerprint density at radius 2 is 1.89 bits per heavy atom. The summed E-state index contributed by atoms with van der Waals surface area (Å²) in [5.74, 6) is 1.39. The number of amides is 2. The van der Waals surface area contributed by atoms with Crippen molar-refractivity contribution in [1.29, 1.82) is 0 Å². The molecule has 98 valence electrons. The number of hydrogen-bond acceptors (Lipinski definition) is 5. The van der Waals surface area contributed by atoms with Gasteiger partial charge in [-0.3, -0.25) is 19.5 Å². The van der Waals surface area contributed by atoms with Crippen molar-refractivity contribution in [2.45, 2.75) is 0 Å². The molecule has 2 aliphatic heterocycles. The zero-order chi connectivity index (χ0) is 13.2. The maximum atomic E-state index is 12.1. The van der Waals surface area contributed by atoms with Gasteiger partial charge in [0.25, 0.3) is 11.8 Å². The average Bonchev–Trinajstić information content (AvgIpc) is 3.02. The maximum Gasteiger partial charge on any atom is 0.261 e. The number of thioether (sulfide) groups is 2. The van der Waals surface area contributed by atoms with Gasteiger partial charge in [0.2, 0.25) is 0 Å². The Morgan fingerprint density at radius 1 is 1.21 bits per heavy atom. The van der Waals surface area contributed by atoms with Gasteiger partial charge < -0.3 is 0 Å². The van der Waals surface area contributed by atoms with Crippen molar-refractivity contribution in [1.82, 2.24) is 4.90 Å². The highest BCUT2D eigenvalue weighted by atomic mass is 32.2. The fourth-order valence-electron chi connectivity index (χ4n) is 2.07. The van der Waals surface area contributed by atoms with Crippen LogP contribution in [0.3, 0.4) is 0 Å². The van der Waals surface area contributed by atoms with E-state index in [1.165, 1.54) is 4.90 Å². The third kappa shape index (κ3) is 2.42. The van der Waals surface area contributed by atoms with Crippen LogP contribution in [0.4, 0.5) is 0 Å². The number of fused-ring (bicyclic) bond motifs is 1. The molecule has 0 N–H and O–H groups in total. The Bertz CT molecular complexity index is 537. The molecule has 0 saturated carbocycles. The SMILES string of the molecule is O=C1c2ccccc2C(=O)N1CCSC1=NCCS1. The van der Waals surface area contributed by atoms with Crippen molar-refractivity contribution in [2.75, 3.05) is 24.6 Å². The molecule has 2 aliphatic rings. The lowest BCUT2D eigenvalue weighted by Gasteiger charge is -2.12. The molecule has 6 heteroatoms. The third-order valence-electron chi connectivity index (χ3n) is 2.98. The number of imide groups is 1. The summed E-state index contributed by atoms with van der Waals surface area (Å²) in [5.41, 5.74) is 1.04. The van der Waals surface area contributed by atoms with E-state index in [0.717, 1.165) is 16.7 Å². The van der Waals surface area contributed by atoms with Gasteiger partial charge in [-0.2, -0.15) is 0 Å². The van der Waals surface area contributed by atoms with Gasteiger partial charge in [-0.1, -0.05) is 35.7 Å². The molecule has 4 nitrogen and oxygen atoms in total. The first-order chi connectivity index (χ1) is 9.27. The molecule has 0 aromatic heterocycles. The highest BCUT2D eigenvalue weighted by molar-refractivity contribution is 8.39. The smallest absolute Gasteiger partial charge is 0.261 e. The molecule has 1 aromatic rings. The van der Waals surface area contributed by atoms with E-state index in [0.29, 0.717) is 23.4 Å². The second kappa shape index (κ2) is 5.38. The zero-order valence-electron chi connectivity index (χ0n) is 10.2. The second-order valence-electron chi connectivity index (χ2n) is 4.15. The van der Waals surface area contributed by atoms with E-state index in [1.54, 1.807) is 47.8 Å². The first-order valence-electron chi connectivity index (χ1n) is 6.02. The van der Waals surface area contributed by atoms with E-state index < -0.39 is 0 Å². The molecule has 0 saturated heterocycles. The lowest BCUT2D eigenvalue weighted by molar-refractivity contribution is 0.0664. The number of carbonyl (C=O) groups is 2. The normalized spacial score (nSPS) is 17.9. The van der Waals surface area contributed by atoms with Crippen molar-refractivity contribution in [2.24, 2.45) is 4.99 Å². The van der Waals surface area contributed by atoms with Crippen molar-refractivity contribution in [3.8, 4) is 0 Å². The lowest BCUT2D eigenvalue weighted by Crippen LogP contribution is -2.31. The molecular weight excluding hydrogens is 280 g/mol. The topological polar surface area (TPSA) is 49.7 Å². The molecular formula is C13H12N2O2S2. The first kappa shape index (κ1) is 12.7. The van der Waals surface area contributed by atoms with Crippen LogP contribution in [0.25, 0.3) is 0 Å². The highest BCUT2D eigenvalue weighted by Gasteiger charge is 2.34. The van der Waals surface area contributed by atoms with E-state index in [2.05, 4.69) is 4.99 Å². The minimum absolute atomic E-state index is 0.179. The molecule has 3 rings (SSSR count). The average molecular weight is 292 g/mol. The van der Waals surface area contributed by atoms with Crippen molar-refractivity contribution >= 4 is 39.7 Å². The number of benzene rings is 1. The van der Waals surface area contributed by atoms with Crippen molar-refractivity contribution in [3.05, 3.63) is 35.4 Å². The standard InChI is InChI=1S/C13H12N2O2S2/c16-11-9-3-1-2-4-10(9)12(17)15(11)6-8-19-13-14-5-7-18-13/h1-4H,5-8H2. The van der Waals surface area contributed by atoms with E-state index in [9.17, 15) is 9.59 Å². The number of aliphatic imine (C=N–C) groups is 1. The van der Waals surface area contributed by atoms with Crippen LogP contribution >= 0.6 is 23.5 Å². The van der Waals surface area contributed by atoms with E-state index in [1.807, 2.05) is 0 Å². The van der Waals surface area contributed by atoms with E-state index >= 15 is 0 Å². The Labute approximate surface area is 119 Å². The van der Waals surface area contributed by atoms with Crippen LogP contribution in [0.5, 0.6) is 0 Å². The summed E-state index contributed by atoms with van der Waals surface area (Å²) in [7, 11) is 0. The van der Waals surface area contributed by atoms with Crippen LogP contribution in [0.2, 0.25) is 0 Å². The minimum atomic E-state index is -0.179. The minimum Gasteiger partial charge on any atom is -0.273 e. The van der Waals surface area contributed by atoms with Gasteiger partial charge in [-0.05, 0) is 12.1 Å². The summed E-state index contributed by atoms with van der Waals surface area (Å²) in [6.45, 7) is 1.32. The van der Waals surface area contributed by atoms with Crippen molar-refractivity contribution in [3.63, 3.8) is 0 Å². The summed E-state index contributed by atoms with van der Waals surface area (Å²) in [4.78, 5) is 29.9. The zero-order valence-corrected chi connectivity index (χ0v) is 11.8. The van der Waals surface area contributed by atoms with Gasteiger partial charge in [-0.15, -0.1) is 0 Å². The van der Waals surface area contributed by atoms with Crippen LogP contribution in [-0.4, -0.2) is 45.7 Å². The van der Waals surface area contributed by atoms with Gasteiger partial charge in [0, 0.05) is 18.1 Å². The van der Waals surface area contributed by atoms with E-state index in [-0.39, 0.29) is 11.8 Å². The maximum absolute atomic E-state index is 12.1. The number of carbonyl (C=O) groups excluding carboxylic acids is 2. The largest absolute Gasteiger partial charge is 0.273 e. The quantitative estimate of drug-likeness (QED) is 0.801. The number of rotatable bonds is 3. The number of hydrogen-bond donors (Lipinski definition) is 0. The fraction of sp³-hybridized carbons (Fsp3) is 0.308. The molecule has 1 aromatic carbocycles. The van der Waals surface area contributed by atoms with Gasteiger partial charge in [0.05, 0.1) is 17.7 Å². The molecule has 2 amide bonds. The van der Waals surface area contributed by atoms with Crippen LogP contribution < -0.4 is 0 Å². The lowest BCUT2D eigenvalue weighted by atomic mass is 10.1. The Morgan fingerprint density at radius 3 is 2.47 bits per heavy atom. The summed E-state index contributed by atoms with van der Waals surface area (Å²) in [6, 6.07) is 6.98. The molecule has 0 aliphatic carbocycles. The predicted octanol–water partition coefficient (Wildman–Crippen LogP) is 2.12. The molecule has 0 unspecified atom stereocenters. The van der Waals surface area contributed by atoms with Gasteiger partial charge >= 0.3 is 0 Å². The molecule has 0 atom stereocenters.